The molecule has 2 aromatic rings. The molecular formula is C9H10ClN3O. The molecule has 0 aromatic carbocycles. The van der Waals surface area contributed by atoms with Crippen LogP contribution in [-0.2, 0) is 0 Å². The third kappa shape index (κ3) is 1.37. The van der Waals surface area contributed by atoms with Gasteiger partial charge in [0.1, 0.15) is 0 Å². The van der Waals surface area contributed by atoms with Crippen molar-refractivity contribution < 1.29 is 5.11 Å². The highest BCUT2D eigenvalue weighted by Gasteiger charge is 2.11. The number of imidazole rings is 1. The largest absolute Gasteiger partial charge is 0.394 e. The number of hydrogen-bond donors (Lipinski definition) is 2. The average molecular weight is 212 g/mol. The minimum Gasteiger partial charge on any atom is -0.394 e. The molecule has 14 heavy (non-hydrogen) atoms. The summed E-state index contributed by atoms with van der Waals surface area (Å²) in [6.07, 6.45) is 1.66. The number of fused-ring (bicyclic) bond motifs is 1. The van der Waals surface area contributed by atoms with E-state index in [4.69, 9.17) is 22.4 Å². The number of rotatable bonds is 2. The fourth-order valence-corrected chi connectivity index (χ4v) is 1.66. The monoisotopic (exact) mass is 211 g/mol. The molecule has 2 rings (SSSR count). The van der Waals surface area contributed by atoms with Crippen LogP contribution in [0.15, 0.2) is 24.4 Å². The minimum absolute atomic E-state index is 0.117. The van der Waals surface area contributed by atoms with Gasteiger partial charge in [-0.1, -0.05) is 6.07 Å². The van der Waals surface area contributed by atoms with Crippen molar-refractivity contribution in [3.05, 3.63) is 35.4 Å². The van der Waals surface area contributed by atoms with Gasteiger partial charge < -0.3 is 10.8 Å². The Morgan fingerprint density at radius 3 is 3.07 bits per heavy atom. The van der Waals surface area contributed by atoms with Gasteiger partial charge in [-0.15, -0.1) is 0 Å². The molecule has 0 aliphatic rings. The van der Waals surface area contributed by atoms with E-state index >= 15 is 0 Å². The highest BCUT2D eigenvalue weighted by Crippen LogP contribution is 2.18. The molecule has 5 heteroatoms. The lowest BCUT2D eigenvalue weighted by Gasteiger charge is -2.11. The molecule has 0 spiro atoms. The summed E-state index contributed by atoms with van der Waals surface area (Å²) in [6.45, 7) is -0.117. The summed E-state index contributed by atoms with van der Waals surface area (Å²) >= 11 is 5.89. The molecule has 0 radical (unpaired) electrons. The molecule has 4 nitrogen and oxygen atoms in total. The molecule has 0 aliphatic heterocycles. The first-order chi connectivity index (χ1) is 6.74. The third-order valence-corrected chi connectivity index (χ3v) is 2.38. The van der Waals surface area contributed by atoms with E-state index in [1.165, 1.54) is 0 Å². The van der Waals surface area contributed by atoms with Crippen molar-refractivity contribution in [3.8, 4) is 0 Å². The van der Waals surface area contributed by atoms with E-state index in [0.29, 0.717) is 5.28 Å². The summed E-state index contributed by atoms with van der Waals surface area (Å²) in [7, 11) is 0. The SMILES string of the molecule is NC(CO)c1cccc2cnc(Cl)n12. The quantitative estimate of drug-likeness (QED) is 0.779. The number of aliphatic hydroxyl groups is 1. The predicted molar refractivity (Wildman–Crippen MR) is 54.2 cm³/mol. The van der Waals surface area contributed by atoms with Gasteiger partial charge in [0.25, 0.3) is 0 Å². The van der Waals surface area contributed by atoms with Crippen LogP contribution in [0.25, 0.3) is 5.52 Å². The molecule has 2 heterocycles. The molecule has 74 valence electrons. The van der Waals surface area contributed by atoms with Crippen molar-refractivity contribution in [2.75, 3.05) is 6.61 Å². The molecule has 1 atom stereocenters. The van der Waals surface area contributed by atoms with E-state index in [2.05, 4.69) is 4.98 Å². The van der Waals surface area contributed by atoms with Gasteiger partial charge in [-0.05, 0) is 23.7 Å². The van der Waals surface area contributed by atoms with Gasteiger partial charge in [0, 0.05) is 5.69 Å². The summed E-state index contributed by atoms with van der Waals surface area (Å²) in [5.41, 5.74) is 7.36. The lowest BCUT2D eigenvalue weighted by Crippen LogP contribution is -2.17. The zero-order valence-electron chi connectivity index (χ0n) is 7.39. The van der Waals surface area contributed by atoms with Crippen LogP contribution >= 0.6 is 11.6 Å². The molecule has 0 saturated heterocycles. The maximum atomic E-state index is 8.97. The smallest absolute Gasteiger partial charge is 0.207 e. The van der Waals surface area contributed by atoms with E-state index in [1.807, 2.05) is 18.2 Å². The number of nitrogens with zero attached hydrogens (tertiary/aromatic N) is 2. The van der Waals surface area contributed by atoms with Gasteiger partial charge in [0.2, 0.25) is 5.28 Å². The van der Waals surface area contributed by atoms with Crippen LogP contribution in [0.4, 0.5) is 0 Å². The summed E-state index contributed by atoms with van der Waals surface area (Å²) in [4.78, 5) is 3.96. The van der Waals surface area contributed by atoms with Crippen LogP contribution in [0.3, 0.4) is 0 Å². The second-order valence-electron chi connectivity index (χ2n) is 3.03. The van der Waals surface area contributed by atoms with Crippen LogP contribution in [0.2, 0.25) is 5.28 Å². The van der Waals surface area contributed by atoms with Crippen molar-refractivity contribution in [2.24, 2.45) is 5.73 Å². The Hall–Kier alpha value is -1.10. The first-order valence-corrected chi connectivity index (χ1v) is 4.60. The van der Waals surface area contributed by atoms with Gasteiger partial charge in [-0.2, -0.15) is 0 Å². The maximum Gasteiger partial charge on any atom is 0.207 e. The number of hydrogen-bond acceptors (Lipinski definition) is 3. The molecule has 2 aromatic heterocycles. The van der Waals surface area contributed by atoms with Crippen LogP contribution in [-0.4, -0.2) is 21.1 Å². The summed E-state index contributed by atoms with van der Waals surface area (Å²) in [5.74, 6) is 0. The van der Waals surface area contributed by atoms with E-state index in [0.717, 1.165) is 11.2 Å². The van der Waals surface area contributed by atoms with Gasteiger partial charge >= 0.3 is 0 Å². The third-order valence-electron chi connectivity index (χ3n) is 2.11. The van der Waals surface area contributed by atoms with E-state index < -0.39 is 6.04 Å². The topological polar surface area (TPSA) is 63.5 Å². The average Bonchev–Trinajstić information content (AvgIpc) is 2.59. The maximum absolute atomic E-state index is 8.97. The summed E-state index contributed by atoms with van der Waals surface area (Å²) < 4.78 is 1.72. The second kappa shape index (κ2) is 3.57. The molecule has 0 amide bonds. The first-order valence-electron chi connectivity index (χ1n) is 4.22. The summed E-state index contributed by atoms with van der Waals surface area (Å²) in [6, 6.07) is 5.12. The molecule has 0 bridgehead atoms. The zero-order chi connectivity index (χ0) is 10.1. The van der Waals surface area contributed by atoms with Gasteiger partial charge in [-0.3, -0.25) is 4.40 Å². The number of nitrogens with two attached hydrogens (primary N) is 1. The van der Waals surface area contributed by atoms with E-state index in [-0.39, 0.29) is 6.61 Å². The highest BCUT2D eigenvalue weighted by atomic mass is 35.5. The predicted octanol–water partition coefficient (Wildman–Crippen LogP) is 0.980. The van der Waals surface area contributed by atoms with Crippen LogP contribution in [0.5, 0.6) is 0 Å². The Morgan fingerprint density at radius 2 is 2.36 bits per heavy atom. The number of halogens is 1. The Balaban J connectivity index is 2.69. The molecule has 0 fully saturated rings. The first kappa shape index (κ1) is 9.45. The normalized spacial score (nSPS) is 13.4. The lowest BCUT2D eigenvalue weighted by molar-refractivity contribution is 0.265. The Labute approximate surface area is 85.9 Å². The zero-order valence-corrected chi connectivity index (χ0v) is 8.15. The number of pyridine rings is 1. The van der Waals surface area contributed by atoms with E-state index in [9.17, 15) is 0 Å². The minimum atomic E-state index is -0.439. The fraction of sp³-hybridized carbons (Fsp3) is 0.222. The molecule has 3 N–H and O–H groups in total. The number of aliphatic hydroxyl groups excluding tert-OH is 1. The Kier molecular flexibility index (Phi) is 2.41. The van der Waals surface area contributed by atoms with Crippen LogP contribution in [0.1, 0.15) is 11.7 Å². The van der Waals surface area contributed by atoms with Crippen molar-refractivity contribution in [1.29, 1.82) is 0 Å². The van der Waals surface area contributed by atoms with Gasteiger partial charge in [-0.25, -0.2) is 4.98 Å². The van der Waals surface area contributed by atoms with Crippen molar-refractivity contribution >= 4 is 17.1 Å². The molecular weight excluding hydrogens is 202 g/mol. The summed E-state index contributed by atoms with van der Waals surface area (Å²) in [5, 5.41) is 9.33. The van der Waals surface area contributed by atoms with Gasteiger partial charge in [0.15, 0.2) is 0 Å². The molecule has 1 unspecified atom stereocenters. The second-order valence-corrected chi connectivity index (χ2v) is 3.37. The fourth-order valence-electron chi connectivity index (χ4n) is 1.42. The van der Waals surface area contributed by atoms with Crippen molar-refractivity contribution in [1.82, 2.24) is 9.38 Å². The van der Waals surface area contributed by atoms with Crippen molar-refractivity contribution in [2.45, 2.75) is 6.04 Å². The van der Waals surface area contributed by atoms with Crippen molar-refractivity contribution in [3.63, 3.8) is 0 Å². The van der Waals surface area contributed by atoms with E-state index in [1.54, 1.807) is 10.6 Å². The lowest BCUT2D eigenvalue weighted by atomic mass is 10.2. The Morgan fingerprint density at radius 1 is 1.57 bits per heavy atom. The molecule has 0 aliphatic carbocycles. The number of aromatic nitrogens is 2. The highest BCUT2D eigenvalue weighted by molar-refractivity contribution is 6.28. The molecule has 0 saturated carbocycles. The van der Waals surface area contributed by atoms with Gasteiger partial charge in [0.05, 0.1) is 24.4 Å². The van der Waals surface area contributed by atoms with Crippen LogP contribution < -0.4 is 5.73 Å². The standard InChI is InChI=1S/C9H10ClN3O/c10-9-12-4-6-2-1-3-8(13(6)9)7(11)5-14/h1-4,7,14H,5,11H2. The Bertz CT molecular complexity index is 454. The van der Waals surface area contributed by atoms with Crippen LogP contribution in [0, 0.1) is 0 Å².